The topological polar surface area (TPSA) is 75.7 Å². The lowest BCUT2D eigenvalue weighted by atomic mass is 10.1. The summed E-state index contributed by atoms with van der Waals surface area (Å²) in [6, 6.07) is 0.0172. The predicted octanol–water partition coefficient (Wildman–Crippen LogP) is -0.599. The van der Waals surface area contributed by atoms with Crippen LogP contribution in [-0.4, -0.2) is 69.1 Å². The molecule has 0 bridgehead atoms. The molecule has 2 aliphatic heterocycles. The predicted molar refractivity (Wildman–Crippen MR) is 71.7 cm³/mol. The lowest BCUT2D eigenvalue weighted by Gasteiger charge is -2.27. The molecule has 2 heterocycles. The fourth-order valence-corrected chi connectivity index (χ4v) is 3.78. The second-order valence-electron chi connectivity index (χ2n) is 5.34. The Hall–Kier alpha value is -0.660. The monoisotopic (exact) mass is 290 g/mol. The number of hydrogen-bond donors (Lipinski definition) is 1. The summed E-state index contributed by atoms with van der Waals surface area (Å²) in [5.41, 5.74) is 0. The summed E-state index contributed by atoms with van der Waals surface area (Å²) < 4.78 is 28.1. The second-order valence-corrected chi connectivity index (χ2v) is 7.64. The maximum absolute atomic E-state index is 11.9. The van der Waals surface area contributed by atoms with Gasteiger partial charge in [0.1, 0.15) is 0 Å². The van der Waals surface area contributed by atoms with E-state index in [9.17, 15) is 13.2 Å². The zero-order valence-corrected chi connectivity index (χ0v) is 12.1. The third-order valence-electron chi connectivity index (χ3n) is 3.72. The van der Waals surface area contributed by atoms with Crippen LogP contribution in [0.3, 0.4) is 0 Å². The first kappa shape index (κ1) is 14.7. The molecule has 19 heavy (non-hydrogen) atoms. The van der Waals surface area contributed by atoms with Gasteiger partial charge in [0.05, 0.1) is 30.2 Å². The van der Waals surface area contributed by atoms with Crippen LogP contribution in [0.2, 0.25) is 0 Å². The summed E-state index contributed by atoms with van der Waals surface area (Å²) in [7, 11) is -2.88. The highest BCUT2D eigenvalue weighted by atomic mass is 32.2. The van der Waals surface area contributed by atoms with Crippen molar-refractivity contribution in [1.82, 2.24) is 10.2 Å². The van der Waals surface area contributed by atoms with Gasteiger partial charge in [-0.1, -0.05) is 0 Å². The molecular weight excluding hydrogens is 268 g/mol. The number of carbonyl (C=O) groups is 1. The van der Waals surface area contributed by atoms with E-state index in [-0.39, 0.29) is 36.1 Å². The fraction of sp³-hybridized carbons (Fsp3) is 0.917. The minimum Gasteiger partial charge on any atom is -0.376 e. The molecule has 2 fully saturated rings. The van der Waals surface area contributed by atoms with Crippen LogP contribution in [-0.2, 0) is 19.4 Å². The zero-order chi connectivity index (χ0) is 13.9. The Labute approximate surface area is 114 Å². The van der Waals surface area contributed by atoms with Crippen molar-refractivity contribution in [1.29, 1.82) is 0 Å². The Balaban J connectivity index is 1.72. The molecule has 0 radical (unpaired) electrons. The molecule has 0 aromatic carbocycles. The van der Waals surface area contributed by atoms with Crippen LogP contribution in [0, 0.1) is 0 Å². The average Bonchev–Trinajstić information content (AvgIpc) is 2.85. The Bertz CT molecular complexity index is 403. The highest BCUT2D eigenvalue weighted by Gasteiger charge is 2.26. The van der Waals surface area contributed by atoms with Crippen molar-refractivity contribution in [3.05, 3.63) is 0 Å². The number of hydrogen-bond acceptors (Lipinski definition) is 5. The molecule has 0 aromatic rings. The Morgan fingerprint density at radius 1 is 1.42 bits per heavy atom. The van der Waals surface area contributed by atoms with Crippen LogP contribution in [0.15, 0.2) is 0 Å². The molecule has 6 nitrogen and oxygen atoms in total. The molecule has 2 aliphatic rings. The van der Waals surface area contributed by atoms with Crippen molar-refractivity contribution >= 4 is 15.7 Å². The third-order valence-corrected chi connectivity index (χ3v) is 5.32. The molecule has 2 rings (SSSR count). The highest BCUT2D eigenvalue weighted by Crippen LogP contribution is 2.15. The summed E-state index contributed by atoms with van der Waals surface area (Å²) in [5.74, 6) is 0.255. The Morgan fingerprint density at radius 2 is 2.11 bits per heavy atom. The number of sulfone groups is 1. The number of ether oxygens (including phenoxy) is 1. The molecular formula is C12H22N2O4S. The van der Waals surface area contributed by atoms with Gasteiger partial charge in [0.15, 0.2) is 9.84 Å². The fourth-order valence-electron chi connectivity index (χ4n) is 2.50. The van der Waals surface area contributed by atoms with Crippen LogP contribution in [0.1, 0.15) is 19.8 Å². The number of nitrogens with zero attached hydrogens (tertiary/aromatic N) is 1. The van der Waals surface area contributed by atoms with Gasteiger partial charge in [0.25, 0.3) is 0 Å². The van der Waals surface area contributed by atoms with E-state index < -0.39 is 9.84 Å². The minimum absolute atomic E-state index is 0.0172. The first-order chi connectivity index (χ1) is 8.96. The number of carbonyl (C=O) groups excluding carboxylic acids is 1. The summed E-state index contributed by atoms with van der Waals surface area (Å²) in [5, 5.41) is 2.93. The molecule has 2 atom stereocenters. The highest BCUT2D eigenvalue weighted by molar-refractivity contribution is 7.91. The first-order valence-corrected chi connectivity index (χ1v) is 8.62. The minimum atomic E-state index is -2.88. The molecule has 1 N–H and O–H groups in total. The van der Waals surface area contributed by atoms with Gasteiger partial charge in [0, 0.05) is 19.7 Å². The van der Waals surface area contributed by atoms with Crippen molar-refractivity contribution in [3.8, 4) is 0 Å². The van der Waals surface area contributed by atoms with E-state index in [1.165, 1.54) is 0 Å². The largest absolute Gasteiger partial charge is 0.376 e. The van der Waals surface area contributed by atoms with Gasteiger partial charge in [-0.05, 0) is 19.8 Å². The second kappa shape index (κ2) is 6.19. The van der Waals surface area contributed by atoms with E-state index >= 15 is 0 Å². The standard InChI is InChI=1S/C12H22N2O4S/c1-10(11-3-2-6-18-11)13-12(15)9-14-4-7-19(16,17)8-5-14/h10-11H,2-9H2,1H3,(H,13,15). The van der Waals surface area contributed by atoms with Crippen molar-refractivity contribution in [2.45, 2.75) is 31.9 Å². The molecule has 2 unspecified atom stereocenters. The van der Waals surface area contributed by atoms with Gasteiger partial charge < -0.3 is 10.1 Å². The Morgan fingerprint density at radius 3 is 2.68 bits per heavy atom. The van der Waals surface area contributed by atoms with Crippen LogP contribution in [0.5, 0.6) is 0 Å². The summed E-state index contributed by atoms with van der Waals surface area (Å²) in [6.07, 6.45) is 2.16. The SMILES string of the molecule is CC(NC(=O)CN1CCS(=O)(=O)CC1)C1CCCO1. The van der Waals surface area contributed by atoms with Crippen molar-refractivity contribution in [2.24, 2.45) is 0 Å². The van der Waals surface area contributed by atoms with E-state index in [0.717, 1.165) is 19.4 Å². The van der Waals surface area contributed by atoms with E-state index in [1.54, 1.807) is 0 Å². The Kier molecular flexibility index (Phi) is 4.81. The van der Waals surface area contributed by atoms with E-state index in [4.69, 9.17) is 4.74 Å². The normalized spacial score (nSPS) is 29.0. The van der Waals surface area contributed by atoms with Gasteiger partial charge in [-0.15, -0.1) is 0 Å². The average molecular weight is 290 g/mol. The maximum Gasteiger partial charge on any atom is 0.234 e. The van der Waals surface area contributed by atoms with Gasteiger partial charge in [-0.25, -0.2) is 8.42 Å². The smallest absolute Gasteiger partial charge is 0.234 e. The lowest BCUT2D eigenvalue weighted by molar-refractivity contribution is -0.123. The molecule has 0 aromatic heterocycles. The number of nitrogens with one attached hydrogen (secondary N) is 1. The van der Waals surface area contributed by atoms with Crippen molar-refractivity contribution in [3.63, 3.8) is 0 Å². The van der Waals surface area contributed by atoms with Gasteiger partial charge in [-0.3, -0.25) is 9.69 Å². The molecule has 110 valence electrons. The summed E-state index contributed by atoms with van der Waals surface area (Å²) in [6.45, 7) is 3.89. The van der Waals surface area contributed by atoms with E-state index in [1.807, 2.05) is 11.8 Å². The number of rotatable bonds is 4. The molecule has 0 spiro atoms. The molecule has 0 aliphatic carbocycles. The third kappa shape index (κ3) is 4.43. The summed E-state index contributed by atoms with van der Waals surface area (Å²) >= 11 is 0. The summed E-state index contributed by atoms with van der Waals surface area (Å²) in [4.78, 5) is 13.8. The zero-order valence-electron chi connectivity index (χ0n) is 11.3. The van der Waals surface area contributed by atoms with E-state index in [0.29, 0.717) is 13.1 Å². The molecule has 7 heteroatoms. The first-order valence-electron chi connectivity index (χ1n) is 6.80. The number of amides is 1. The molecule has 1 amide bonds. The molecule has 0 saturated carbocycles. The van der Waals surface area contributed by atoms with Crippen LogP contribution in [0.4, 0.5) is 0 Å². The van der Waals surface area contributed by atoms with Crippen molar-refractivity contribution < 1.29 is 17.9 Å². The van der Waals surface area contributed by atoms with Crippen LogP contribution >= 0.6 is 0 Å². The van der Waals surface area contributed by atoms with Crippen LogP contribution < -0.4 is 5.32 Å². The van der Waals surface area contributed by atoms with Gasteiger partial charge >= 0.3 is 0 Å². The lowest BCUT2D eigenvalue weighted by Crippen LogP contribution is -2.48. The van der Waals surface area contributed by atoms with Gasteiger partial charge in [0.2, 0.25) is 5.91 Å². The van der Waals surface area contributed by atoms with Gasteiger partial charge in [-0.2, -0.15) is 0 Å². The van der Waals surface area contributed by atoms with Crippen molar-refractivity contribution in [2.75, 3.05) is 37.7 Å². The maximum atomic E-state index is 11.9. The van der Waals surface area contributed by atoms with Crippen LogP contribution in [0.25, 0.3) is 0 Å². The quantitative estimate of drug-likeness (QED) is 0.748. The van der Waals surface area contributed by atoms with E-state index in [2.05, 4.69) is 5.32 Å². The molecule has 2 saturated heterocycles.